The number of hydrogen-bond acceptors (Lipinski definition) is 6. The van der Waals surface area contributed by atoms with Crippen LogP contribution in [0.3, 0.4) is 0 Å². The molecule has 0 radical (unpaired) electrons. The lowest BCUT2D eigenvalue weighted by Crippen LogP contribution is -2.35. The zero-order chi connectivity index (χ0) is 25.7. The number of carbonyl (C=O) groups is 1. The van der Waals surface area contributed by atoms with E-state index in [0.29, 0.717) is 6.54 Å². The fourth-order valence-electron chi connectivity index (χ4n) is 4.07. The number of anilines is 1. The number of morpholine rings is 1. The number of benzene rings is 2. The van der Waals surface area contributed by atoms with Gasteiger partial charge in [-0.05, 0) is 47.4 Å². The summed E-state index contributed by atoms with van der Waals surface area (Å²) in [7, 11) is 0. The zero-order valence-electron chi connectivity index (χ0n) is 20.9. The predicted molar refractivity (Wildman–Crippen MR) is 150 cm³/mol. The lowest BCUT2D eigenvalue weighted by molar-refractivity contribution is -0.111. The van der Waals surface area contributed by atoms with E-state index in [9.17, 15) is 4.79 Å². The maximum absolute atomic E-state index is 12.6. The quantitative estimate of drug-likeness (QED) is 0.325. The smallest absolute Gasteiger partial charge is 0.248 e. The van der Waals surface area contributed by atoms with Crippen molar-refractivity contribution in [3.8, 4) is 0 Å². The van der Waals surface area contributed by atoms with Crippen LogP contribution in [0.2, 0.25) is 0 Å². The zero-order valence-corrected chi connectivity index (χ0v) is 20.9. The summed E-state index contributed by atoms with van der Waals surface area (Å²) in [5, 5.41) is 2.92. The van der Waals surface area contributed by atoms with Crippen LogP contribution in [0, 0.1) is 0 Å². The molecule has 1 aliphatic rings. The second-order valence-electron chi connectivity index (χ2n) is 8.76. The van der Waals surface area contributed by atoms with Gasteiger partial charge in [-0.3, -0.25) is 19.7 Å². The van der Waals surface area contributed by atoms with E-state index < -0.39 is 0 Å². The van der Waals surface area contributed by atoms with E-state index in [1.807, 2.05) is 48.5 Å². The number of aliphatic imine (C=N–C) groups is 1. The second kappa shape index (κ2) is 13.9. The first kappa shape index (κ1) is 26.0. The van der Waals surface area contributed by atoms with Crippen molar-refractivity contribution in [3.63, 3.8) is 0 Å². The summed E-state index contributed by atoms with van der Waals surface area (Å²) in [6.07, 6.45) is 10.8. The number of amides is 1. The van der Waals surface area contributed by atoms with Crippen LogP contribution in [0.1, 0.15) is 22.3 Å². The van der Waals surface area contributed by atoms with Crippen LogP contribution in [0.25, 0.3) is 11.6 Å². The van der Waals surface area contributed by atoms with Crippen LogP contribution in [-0.2, 0) is 22.5 Å². The van der Waals surface area contributed by atoms with Crippen LogP contribution in [-0.4, -0.2) is 54.9 Å². The standard InChI is InChI=1S/C30H33N5O2/c31-20-27(22-32-14-12-24-4-2-1-3-5-24)29-13-15-33-21-26(29)8-11-30(36)34-28-9-6-25(7-10-28)23-35-16-18-37-19-17-35/h1-11,13,15,20-22H,12,14,16-19,23,31H2,(H,34,36)/b11-8+,27-20?,32-22?. The van der Waals surface area contributed by atoms with Crippen molar-refractivity contribution in [3.05, 3.63) is 108 Å². The van der Waals surface area contributed by atoms with Crippen molar-refractivity contribution in [1.82, 2.24) is 9.88 Å². The molecule has 0 unspecified atom stereocenters. The number of rotatable bonds is 10. The molecule has 2 aromatic carbocycles. The molecule has 1 aromatic heterocycles. The lowest BCUT2D eigenvalue weighted by Gasteiger charge is -2.26. The summed E-state index contributed by atoms with van der Waals surface area (Å²) in [4.78, 5) is 23.7. The minimum atomic E-state index is -0.217. The van der Waals surface area contributed by atoms with E-state index in [0.717, 1.165) is 61.7 Å². The average molecular weight is 496 g/mol. The minimum absolute atomic E-state index is 0.217. The lowest BCUT2D eigenvalue weighted by atomic mass is 10.0. The van der Waals surface area contributed by atoms with Gasteiger partial charge in [-0.25, -0.2) is 0 Å². The summed E-state index contributed by atoms with van der Waals surface area (Å²) in [6.45, 7) is 4.99. The molecule has 7 nitrogen and oxygen atoms in total. The van der Waals surface area contributed by atoms with E-state index in [2.05, 4.69) is 32.3 Å². The minimum Gasteiger partial charge on any atom is -0.404 e. The molecular weight excluding hydrogens is 462 g/mol. The third kappa shape index (κ3) is 8.24. The number of hydrogen-bond donors (Lipinski definition) is 2. The average Bonchev–Trinajstić information content (AvgIpc) is 2.94. The fraction of sp³-hybridized carbons (Fsp3) is 0.233. The molecular formula is C30H33N5O2. The summed E-state index contributed by atoms with van der Waals surface area (Å²) < 4.78 is 5.40. The molecule has 2 heterocycles. The van der Waals surface area contributed by atoms with Crippen LogP contribution in [0.5, 0.6) is 0 Å². The van der Waals surface area contributed by atoms with Crippen LogP contribution in [0.15, 0.2) is 90.3 Å². The predicted octanol–water partition coefficient (Wildman–Crippen LogP) is 4.18. The van der Waals surface area contributed by atoms with Crippen molar-refractivity contribution in [2.45, 2.75) is 13.0 Å². The molecule has 0 bridgehead atoms. The molecule has 1 saturated heterocycles. The van der Waals surface area contributed by atoms with E-state index >= 15 is 0 Å². The Morgan fingerprint density at radius 2 is 1.84 bits per heavy atom. The molecule has 0 spiro atoms. The summed E-state index contributed by atoms with van der Waals surface area (Å²) >= 11 is 0. The van der Waals surface area contributed by atoms with Gasteiger partial charge >= 0.3 is 0 Å². The first-order valence-electron chi connectivity index (χ1n) is 12.5. The molecule has 0 saturated carbocycles. The number of pyridine rings is 1. The van der Waals surface area contributed by atoms with E-state index in [1.165, 1.54) is 23.4 Å². The number of ether oxygens (including phenoxy) is 1. The van der Waals surface area contributed by atoms with Crippen LogP contribution >= 0.6 is 0 Å². The highest BCUT2D eigenvalue weighted by molar-refractivity contribution is 6.11. The largest absolute Gasteiger partial charge is 0.404 e. The molecule has 37 heavy (non-hydrogen) atoms. The SMILES string of the molecule is NC=C(C=NCCc1ccccc1)c1ccncc1/C=C/C(=O)Nc1ccc(CN2CCOCC2)cc1. The first-order valence-corrected chi connectivity index (χ1v) is 12.5. The van der Waals surface area contributed by atoms with Gasteiger partial charge in [-0.1, -0.05) is 42.5 Å². The molecule has 3 N–H and O–H groups in total. The molecule has 0 atom stereocenters. The topological polar surface area (TPSA) is 92.8 Å². The van der Waals surface area contributed by atoms with E-state index in [-0.39, 0.29) is 5.91 Å². The van der Waals surface area contributed by atoms with Gasteiger partial charge in [0.25, 0.3) is 0 Å². The highest BCUT2D eigenvalue weighted by Crippen LogP contribution is 2.18. The number of nitrogens with one attached hydrogen (secondary N) is 1. The number of aromatic nitrogens is 1. The normalized spacial score (nSPS) is 14.9. The van der Waals surface area contributed by atoms with Gasteiger partial charge < -0.3 is 15.8 Å². The molecule has 7 heteroatoms. The van der Waals surface area contributed by atoms with Crippen molar-refractivity contribution in [1.29, 1.82) is 0 Å². The molecule has 4 rings (SSSR count). The Hall–Kier alpha value is -4.07. The first-order chi connectivity index (χ1) is 18.2. The molecule has 1 aliphatic heterocycles. The fourth-order valence-corrected chi connectivity index (χ4v) is 4.07. The van der Waals surface area contributed by atoms with Gasteiger partial charge in [0.15, 0.2) is 0 Å². The van der Waals surface area contributed by atoms with Crippen LogP contribution in [0.4, 0.5) is 5.69 Å². The molecule has 190 valence electrons. The van der Waals surface area contributed by atoms with Gasteiger partial charge in [0.1, 0.15) is 0 Å². The Bertz CT molecular complexity index is 1230. The Labute approximate surface area is 218 Å². The Balaban J connectivity index is 1.33. The Morgan fingerprint density at radius 1 is 1.05 bits per heavy atom. The molecule has 3 aromatic rings. The Kier molecular flexibility index (Phi) is 9.75. The summed E-state index contributed by atoms with van der Waals surface area (Å²) in [5.41, 5.74) is 11.5. The summed E-state index contributed by atoms with van der Waals surface area (Å²) in [5.74, 6) is -0.217. The van der Waals surface area contributed by atoms with Gasteiger partial charge in [0.05, 0.1) is 13.2 Å². The van der Waals surface area contributed by atoms with Gasteiger partial charge in [0, 0.05) is 73.9 Å². The van der Waals surface area contributed by atoms with Crippen LogP contribution < -0.4 is 11.1 Å². The van der Waals surface area contributed by atoms with Crippen molar-refractivity contribution in [2.24, 2.45) is 10.7 Å². The molecule has 1 fully saturated rings. The monoisotopic (exact) mass is 495 g/mol. The van der Waals surface area contributed by atoms with Gasteiger partial charge in [-0.15, -0.1) is 0 Å². The number of allylic oxidation sites excluding steroid dienone is 1. The number of nitrogens with two attached hydrogens (primary N) is 1. The maximum Gasteiger partial charge on any atom is 0.248 e. The number of nitrogens with zero attached hydrogens (tertiary/aromatic N) is 3. The Morgan fingerprint density at radius 3 is 2.59 bits per heavy atom. The third-order valence-corrected chi connectivity index (χ3v) is 6.09. The highest BCUT2D eigenvalue weighted by Gasteiger charge is 2.10. The van der Waals surface area contributed by atoms with Gasteiger partial charge in [-0.2, -0.15) is 0 Å². The third-order valence-electron chi connectivity index (χ3n) is 6.09. The number of carbonyl (C=O) groups excluding carboxylic acids is 1. The van der Waals surface area contributed by atoms with Crippen molar-refractivity contribution in [2.75, 3.05) is 38.2 Å². The van der Waals surface area contributed by atoms with Crippen molar-refractivity contribution < 1.29 is 9.53 Å². The summed E-state index contributed by atoms with van der Waals surface area (Å²) in [6, 6.07) is 20.0. The molecule has 1 amide bonds. The van der Waals surface area contributed by atoms with Crippen molar-refractivity contribution >= 4 is 29.5 Å². The van der Waals surface area contributed by atoms with E-state index in [1.54, 1.807) is 24.7 Å². The second-order valence-corrected chi connectivity index (χ2v) is 8.76. The highest BCUT2D eigenvalue weighted by atomic mass is 16.5. The maximum atomic E-state index is 12.6. The van der Waals surface area contributed by atoms with Gasteiger partial charge in [0.2, 0.25) is 5.91 Å². The van der Waals surface area contributed by atoms with E-state index in [4.69, 9.17) is 10.5 Å². The molecule has 0 aliphatic carbocycles.